The van der Waals surface area contributed by atoms with Crippen LogP contribution in [-0.4, -0.2) is 96.6 Å². The Morgan fingerprint density at radius 2 is 1.29 bits per heavy atom. The summed E-state index contributed by atoms with van der Waals surface area (Å²) in [7, 11) is 0. The van der Waals surface area contributed by atoms with Crippen molar-refractivity contribution in [2.45, 2.75) is 154 Å². The number of nitrogens with two attached hydrogens (primary N) is 3. The van der Waals surface area contributed by atoms with E-state index in [1.165, 1.54) is 26.8 Å². The van der Waals surface area contributed by atoms with Crippen molar-refractivity contribution in [2.24, 2.45) is 5.73 Å². The van der Waals surface area contributed by atoms with Crippen molar-refractivity contribution in [3.05, 3.63) is 31.7 Å². The number of amides is 2. The fourth-order valence-electron chi connectivity index (χ4n) is 6.75. The van der Waals surface area contributed by atoms with Gasteiger partial charge in [-0.15, -0.1) is 34.0 Å². The molecule has 0 unspecified atom stereocenters. The summed E-state index contributed by atoms with van der Waals surface area (Å²) in [6.07, 6.45) is 8.21. The number of ether oxygens (including phenoxy) is 2. The summed E-state index contributed by atoms with van der Waals surface area (Å²) in [5, 5.41) is 25.4. The smallest absolute Gasteiger partial charge is 0.413 e. The number of carbonyl (C=O) groups is 4. The number of nitrogens with one attached hydrogen (secondary N) is 2. The standard InChI is InChI=1S/C21H33N3O6S.C11H17N3O2S.C7H11N3S/c1-20(2,3)29-18(27)23-17-22-14-10-9-13(12-15(14)31-17)24(11-7-8-16(25)26)19(28)30-21(4,5)6;12-11-14-8-4-3-7(6-9(8)17-11)13-5-1-2-10(15)16;8-4-1-2-5-6(3-4)11-7(9)10-5/h13H,7-12H2,1-6H3,(H,25,26)(H,22,23,27);7,13H,1-6H2,(H2,12,14)(H,15,16);4H,1-3,8H2,(H2,9,10)/t13-;7-;4-/m000/s1. The quantitative estimate of drug-likeness (QED) is 0.108. The molecule has 59 heavy (non-hydrogen) atoms. The number of anilines is 3. The van der Waals surface area contributed by atoms with Crippen LogP contribution in [0.1, 0.15) is 118 Å². The Kier molecular flexibility index (Phi) is 17.3. The van der Waals surface area contributed by atoms with Gasteiger partial charge in [-0.2, -0.15) is 0 Å². The molecule has 0 fully saturated rings. The Balaban J connectivity index is 0.000000226. The maximum atomic E-state index is 12.8. The van der Waals surface area contributed by atoms with Crippen molar-refractivity contribution in [1.29, 1.82) is 0 Å². The number of aliphatic carboxylic acids is 2. The lowest BCUT2D eigenvalue weighted by Crippen LogP contribution is -2.46. The van der Waals surface area contributed by atoms with Crippen molar-refractivity contribution < 1.29 is 38.9 Å². The minimum Gasteiger partial charge on any atom is -0.481 e. The van der Waals surface area contributed by atoms with Gasteiger partial charge in [-0.05, 0) is 112 Å². The number of carboxylic acids is 2. The van der Waals surface area contributed by atoms with Crippen LogP contribution in [0.2, 0.25) is 0 Å². The van der Waals surface area contributed by atoms with Crippen LogP contribution < -0.4 is 27.8 Å². The second kappa shape index (κ2) is 21.4. The first-order valence-corrected chi connectivity index (χ1v) is 22.5. The number of aryl methyl sites for hydroxylation is 3. The molecule has 17 nitrogen and oxygen atoms in total. The van der Waals surface area contributed by atoms with Gasteiger partial charge in [-0.1, -0.05) is 0 Å². The van der Waals surface area contributed by atoms with E-state index in [9.17, 15) is 19.2 Å². The number of carbonyl (C=O) groups excluding carboxylic acids is 2. The van der Waals surface area contributed by atoms with Crippen LogP contribution in [0.5, 0.6) is 0 Å². The Morgan fingerprint density at radius 1 is 0.746 bits per heavy atom. The lowest BCUT2D eigenvalue weighted by Gasteiger charge is -2.35. The molecular formula is C39H61N9O8S3. The Bertz CT molecular complexity index is 1880. The van der Waals surface area contributed by atoms with E-state index < -0.39 is 35.3 Å². The summed E-state index contributed by atoms with van der Waals surface area (Å²) in [5.74, 6) is -1.62. The lowest BCUT2D eigenvalue weighted by molar-refractivity contribution is -0.138. The van der Waals surface area contributed by atoms with Crippen molar-refractivity contribution in [2.75, 3.05) is 29.9 Å². The molecule has 3 aliphatic carbocycles. The maximum Gasteiger partial charge on any atom is 0.413 e. The summed E-state index contributed by atoms with van der Waals surface area (Å²) >= 11 is 4.52. The Hall–Kier alpha value is -4.11. The highest BCUT2D eigenvalue weighted by atomic mass is 32.1. The average Bonchev–Trinajstić information content (AvgIpc) is 3.80. The molecule has 3 aliphatic rings. The maximum absolute atomic E-state index is 12.8. The van der Waals surface area contributed by atoms with Crippen LogP contribution in [0.3, 0.4) is 0 Å². The molecule has 3 atom stereocenters. The summed E-state index contributed by atoms with van der Waals surface area (Å²) in [6.45, 7) is 11.9. The molecule has 2 amide bonds. The summed E-state index contributed by atoms with van der Waals surface area (Å²) in [4.78, 5) is 64.3. The summed E-state index contributed by atoms with van der Waals surface area (Å²) in [5.41, 5.74) is 19.0. The fraction of sp³-hybridized carbons (Fsp3) is 0.667. The number of thiazole rings is 3. The van der Waals surface area contributed by atoms with Crippen LogP contribution in [0.15, 0.2) is 0 Å². The highest BCUT2D eigenvalue weighted by Crippen LogP contribution is 2.33. The van der Waals surface area contributed by atoms with E-state index in [-0.39, 0.29) is 18.9 Å². The van der Waals surface area contributed by atoms with E-state index in [0.717, 1.165) is 61.3 Å². The van der Waals surface area contributed by atoms with E-state index in [1.807, 2.05) is 0 Å². The van der Waals surface area contributed by atoms with Crippen molar-refractivity contribution >= 4 is 73.5 Å². The molecule has 6 rings (SSSR count). The molecule has 0 radical (unpaired) electrons. The fourth-order valence-corrected chi connectivity index (χ4v) is 9.74. The van der Waals surface area contributed by atoms with Gasteiger partial charge in [0.25, 0.3) is 0 Å². The van der Waals surface area contributed by atoms with Gasteiger partial charge in [0, 0.05) is 58.6 Å². The van der Waals surface area contributed by atoms with Crippen molar-refractivity contribution in [1.82, 2.24) is 25.2 Å². The van der Waals surface area contributed by atoms with Crippen LogP contribution in [0.25, 0.3) is 0 Å². The van der Waals surface area contributed by atoms with Crippen LogP contribution >= 0.6 is 34.0 Å². The number of nitrogen functional groups attached to an aromatic ring is 2. The van der Waals surface area contributed by atoms with E-state index in [2.05, 4.69) is 25.6 Å². The number of hydrogen-bond donors (Lipinski definition) is 7. The number of hydrogen-bond acceptors (Lipinski definition) is 16. The van der Waals surface area contributed by atoms with E-state index >= 15 is 0 Å². The monoisotopic (exact) mass is 879 g/mol. The van der Waals surface area contributed by atoms with Crippen LogP contribution in [0.4, 0.5) is 25.0 Å². The van der Waals surface area contributed by atoms with Gasteiger partial charge in [0.15, 0.2) is 15.4 Å². The zero-order chi connectivity index (χ0) is 43.5. The topological polar surface area (TPSA) is 271 Å². The van der Waals surface area contributed by atoms with E-state index in [0.29, 0.717) is 66.1 Å². The average molecular weight is 880 g/mol. The van der Waals surface area contributed by atoms with E-state index in [1.54, 1.807) is 69.1 Å². The predicted octanol–water partition coefficient (Wildman–Crippen LogP) is 6.03. The molecule has 0 saturated carbocycles. The number of fused-ring (bicyclic) bond motifs is 3. The molecule has 3 aromatic heterocycles. The van der Waals surface area contributed by atoms with E-state index in [4.69, 9.17) is 36.9 Å². The normalized spacial score (nSPS) is 18.3. The first kappa shape index (κ1) is 47.6. The minimum atomic E-state index is -0.893. The third kappa shape index (κ3) is 16.5. The van der Waals surface area contributed by atoms with Gasteiger partial charge >= 0.3 is 24.1 Å². The molecule has 0 aliphatic heterocycles. The largest absolute Gasteiger partial charge is 0.481 e. The van der Waals surface area contributed by atoms with Gasteiger partial charge in [-0.25, -0.2) is 24.5 Å². The van der Waals surface area contributed by atoms with Crippen molar-refractivity contribution in [3.63, 3.8) is 0 Å². The van der Waals surface area contributed by atoms with Gasteiger partial charge in [0.2, 0.25) is 0 Å². The molecule has 20 heteroatoms. The number of rotatable bonds is 11. The molecule has 0 aromatic carbocycles. The first-order chi connectivity index (χ1) is 27.6. The van der Waals surface area contributed by atoms with Crippen LogP contribution in [0, 0.1) is 0 Å². The molecule has 328 valence electrons. The van der Waals surface area contributed by atoms with Gasteiger partial charge in [0.1, 0.15) is 11.2 Å². The second-order valence-corrected chi connectivity index (χ2v) is 20.1. The first-order valence-electron chi connectivity index (χ1n) is 20.0. The highest BCUT2D eigenvalue weighted by molar-refractivity contribution is 7.16. The van der Waals surface area contributed by atoms with Gasteiger partial charge < -0.3 is 47.1 Å². The summed E-state index contributed by atoms with van der Waals surface area (Å²) in [6, 6.07) is 0.643. The Labute approximate surface area is 357 Å². The molecule has 10 N–H and O–H groups in total. The lowest BCUT2D eigenvalue weighted by atomic mass is 9.96. The predicted molar refractivity (Wildman–Crippen MR) is 231 cm³/mol. The zero-order valence-electron chi connectivity index (χ0n) is 34.9. The number of carboxylic acid groups (broad SMARTS) is 2. The summed E-state index contributed by atoms with van der Waals surface area (Å²) < 4.78 is 10.8. The highest BCUT2D eigenvalue weighted by Gasteiger charge is 2.33. The van der Waals surface area contributed by atoms with Gasteiger partial charge in [0.05, 0.1) is 17.1 Å². The number of nitrogens with zero attached hydrogens (tertiary/aromatic N) is 4. The molecule has 0 spiro atoms. The molecule has 3 heterocycles. The molecule has 0 saturated heterocycles. The van der Waals surface area contributed by atoms with Crippen LogP contribution in [-0.2, 0) is 57.6 Å². The zero-order valence-corrected chi connectivity index (χ0v) is 37.4. The second-order valence-electron chi connectivity index (χ2n) is 16.8. The number of aromatic nitrogens is 3. The van der Waals surface area contributed by atoms with Crippen molar-refractivity contribution in [3.8, 4) is 0 Å². The molecule has 0 bridgehead atoms. The van der Waals surface area contributed by atoms with Gasteiger partial charge in [-0.3, -0.25) is 14.9 Å². The molecular weight excluding hydrogens is 819 g/mol. The molecule has 3 aromatic rings. The third-order valence-electron chi connectivity index (χ3n) is 9.33. The SMILES string of the molecule is CC(C)(C)OC(=O)Nc1nc2c(s1)C[C@@H](N(CCCC(=O)O)C(=O)OC(C)(C)C)CC2.Nc1nc2c(s1)C[C@@H](N)CC2.Nc1nc2c(s1)C[C@@H](NCCCC(=O)O)CC2. The minimum absolute atomic E-state index is 0.0121. The third-order valence-corrected chi connectivity index (χ3v) is 12.3. The Morgan fingerprint density at radius 3 is 1.90 bits per heavy atom.